The number of hydrogen-bond acceptors (Lipinski definition) is 4. The van der Waals surface area contributed by atoms with E-state index in [-0.39, 0.29) is 28.3 Å². The van der Waals surface area contributed by atoms with Gasteiger partial charge in [-0.05, 0) is 90.7 Å². The van der Waals surface area contributed by atoms with Crippen LogP contribution < -0.4 is 5.32 Å². The monoisotopic (exact) mass is 543 g/mol. The largest absolute Gasteiger partial charge is 0.466 e. The van der Waals surface area contributed by atoms with Crippen molar-refractivity contribution in [3.63, 3.8) is 0 Å². The van der Waals surface area contributed by atoms with Gasteiger partial charge in [-0.2, -0.15) is 13.2 Å². The highest BCUT2D eigenvalue weighted by atomic mass is 19.4. The predicted molar refractivity (Wildman–Crippen MR) is 139 cm³/mol. The quantitative estimate of drug-likeness (QED) is 0.445. The number of Topliss-reactive ketones (excluding diaryl/α,β-unsaturated/α-hetero) is 1. The molecule has 4 aliphatic rings. The van der Waals surface area contributed by atoms with Crippen LogP contribution in [0.25, 0.3) is 0 Å². The van der Waals surface area contributed by atoms with E-state index in [9.17, 15) is 27.6 Å². The molecule has 0 aromatic heterocycles. The third-order valence-electron chi connectivity index (χ3n) is 10.5. The molecule has 8 heteroatoms. The average molecular weight is 544 g/mol. The molecule has 1 unspecified atom stereocenters. The summed E-state index contributed by atoms with van der Waals surface area (Å²) in [5.41, 5.74) is 1.63. The van der Waals surface area contributed by atoms with Crippen molar-refractivity contribution in [3.05, 3.63) is 59.2 Å². The highest BCUT2D eigenvalue weighted by Crippen LogP contribution is 2.66. The summed E-state index contributed by atoms with van der Waals surface area (Å²) in [6, 6.07) is 5.91. The minimum absolute atomic E-state index is 0.0559. The molecular formula is C31H36F3NO4. The van der Waals surface area contributed by atoms with Crippen LogP contribution in [0.2, 0.25) is 0 Å². The zero-order valence-corrected chi connectivity index (χ0v) is 22.6. The van der Waals surface area contributed by atoms with Gasteiger partial charge in [0.2, 0.25) is 5.91 Å². The number of esters is 1. The van der Waals surface area contributed by atoms with E-state index in [1.165, 1.54) is 24.8 Å². The standard InChI is InChI=1S/C31H36F3NO4/c1-29-15-13-19(28(38)39-3)17-20(29)9-10-21-22-11-12-24(30(22,2)16-14-23(21)29)27(37)35-25(26(36)31(32,33)34)18-7-5-4-6-8-18/h4-9,17,21-25H,10-16H2,1-3H3,(H,35,37)/t21-,22-,23-,24+,25?,29-,30-/m0/s1. The normalized spacial score (nSPS) is 34.4. The van der Waals surface area contributed by atoms with Gasteiger partial charge < -0.3 is 10.1 Å². The summed E-state index contributed by atoms with van der Waals surface area (Å²) in [6.45, 7) is 4.40. The Labute approximate surface area is 227 Å². The van der Waals surface area contributed by atoms with Gasteiger partial charge in [-0.1, -0.05) is 50.3 Å². The zero-order chi connectivity index (χ0) is 28.2. The van der Waals surface area contributed by atoms with E-state index in [2.05, 4.69) is 25.2 Å². The SMILES string of the molecule is COC(=O)C1=CC2=CC[C@H]3[C@@H]4CC[C@H](C(=O)NC(C(=O)C(F)(F)F)c5ccccc5)[C@@]4(C)CC[C@@H]3[C@@]2(C)CC1. The van der Waals surface area contributed by atoms with Crippen molar-refractivity contribution >= 4 is 17.7 Å². The molecule has 39 heavy (non-hydrogen) atoms. The number of benzene rings is 1. The topological polar surface area (TPSA) is 72.5 Å². The van der Waals surface area contributed by atoms with Crippen LogP contribution in [0.5, 0.6) is 0 Å². The Morgan fingerprint density at radius 2 is 1.74 bits per heavy atom. The molecule has 1 amide bonds. The number of halogens is 3. The smallest absolute Gasteiger partial charge is 0.452 e. The molecule has 0 bridgehead atoms. The molecule has 210 valence electrons. The molecule has 0 saturated heterocycles. The number of amides is 1. The minimum Gasteiger partial charge on any atom is -0.466 e. The molecular weight excluding hydrogens is 507 g/mol. The van der Waals surface area contributed by atoms with E-state index >= 15 is 0 Å². The van der Waals surface area contributed by atoms with E-state index in [1.807, 2.05) is 6.08 Å². The maximum absolute atomic E-state index is 13.6. The number of fused-ring (bicyclic) bond motifs is 5. The Kier molecular flexibility index (Phi) is 7.04. The first-order valence-corrected chi connectivity index (χ1v) is 13.9. The number of rotatable bonds is 5. The van der Waals surface area contributed by atoms with Gasteiger partial charge in [-0.3, -0.25) is 9.59 Å². The van der Waals surface area contributed by atoms with Crippen LogP contribution in [0.15, 0.2) is 53.6 Å². The van der Waals surface area contributed by atoms with E-state index in [1.54, 1.807) is 18.2 Å². The van der Waals surface area contributed by atoms with Crippen LogP contribution >= 0.6 is 0 Å². The summed E-state index contributed by atoms with van der Waals surface area (Å²) in [7, 11) is 1.40. The van der Waals surface area contributed by atoms with Crippen LogP contribution in [-0.2, 0) is 19.1 Å². The Bertz CT molecular complexity index is 1220. The third-order valence-corrected chi connectivity index (χ3v) is 10.5. The summed E-state index contributed by atoms with van der Waals surface area (Å²) < 4.78 is 45.3. The Hall–Kier alpha value is -2.90. The average Bonchev–Trinajstić information content (AvgIpc) is 3.27. The lowest BCUT2D eigenvalue weighted by molar-refractivity contribution is -0.174. The first-order valence-electron chi connectivity index (χ1n) is 13.9. The zero-order valence-electron chi connectivity index (χ0n) is 22.6. The number of hydrogen-bond donors (Lipinski definition) is 1. The molecule has 5 nitrogen and oxygen atoms in total. The van der Waals surface area contributed by atoms with Crippen molar-refractivity contribution < 1.29 is 32.3 Å². The Balaban J connectivity index is 1.38. The van der Waals surface area contributed by atoms with Crippen LogP contribution in [-0.4, -0.2) is 30.9 Å². The molecule has 7 atom stereocenters. The second-order valence-corrected chi connectivity index (χ2v) is 12.2. The number of nitrogens with one attached hydrogen (secondary N) is 1. The lowest BCUT2D eigenvalue weighted by Crippen LogP contribution is -2.52. The third kappa shape index (κ3) is 4.63. The van der Waals surface area contributed by atoms with Gasteiger partial charge in [0, 0.05) is 11.5 Å². The molecule has 4 aliphatic carbocycles. The Morgan fingerprint density at radius 3 is 2.41 bits per heavy atom. The summed E-state index contributed by atoms with van der Waals surface area (Å²) in [4.78, 5) is 38.1. The first-order chi connectivity index (χ1) is 18.4. The van der Waals surface area contributed by atoms with Crippen molar-refractivity contribution in [2.45, 2.75) is 71.0 Å². The van der Waals surface area contributed by atoms with Crippen molar-refractivity contribution in [3.8, 4) is 0 Å². The molecule has 2 fully saturated rings. The van der Waals surface area contributed by atoms with Crippen LogP contribution in [0, 0.1) is 34.5 Å². The summed E-state index contributed by atoms with van der Waals surface area (Å²) in [6.07, 6.45) is 4.74. The summed E-state index contributed by atoms with van der Waals surface area (Å²) in [5.74, 6) is -2.11. The Morgan fingerprint density at radius 1 is 1.03 bits per heavy atom. The number of ketones is 1. The van der Waals surface area contributed by atoms with Gasteiger partial charge in [0.1, 0.15) is 6.04 Å². The predicted octanol–water partition coefficient (Wildman–Crippen LogP) is 6.26. The van der Waals surface area contributed by atoms with Gasteiger partial charge in [0.05, 0.1) is 7.11 Å². The van der Waals surface area contributed by atoms with E-state index in [0.717, 1.165) is 32.1 Å². The van der Waals surface area contributed by atoms with Crippen LogP contribution in [0.1, 0.15) is 70.4 Å². The lowest BCUT2D eigenvalue weighted by Gasteiger charge is -2.57. The molecule has 5 rings (SSSR count). The maximum Gasteiger partial charge on any atom is 0.452 e. The van der Waals surface area contributed by atoms with Crippen LogP contribution in [0.3, 0.4) is 0 Å². The fourth-order valence-corrected chi connectivity index (χ4v) is 8.40. The molecule has 2 saturated carbocycles. The van der Waals surface area contributed by atoms with Gasteiger partial charge >= 0.3 is 12.1 Å². The molecule has 0 aliphatic heterocycles. The van der Waals surface area contributed by atoms with Crippen LogP contribution in [0.4, 0.5) is 13.2 Å². The summed E-state index contributed by atoms with van der Waals surface area (Å²) in [5, 5.41) is 2.51. The number of ether oxygens (including phenoxy) is 1. The molecule has 1 aromatic carbocycles. The summed E-state index contributed by atoms with van der Waals surface area (Å²) >= 11 is 0. The minimum atomic E-state index is -5.06. The first kappa shape index (κ1) is 27.7. The molecule has 0 heterocycles. The van der Waals surface area contributed by atoms with E-state index in [0.29, 0.717) is 30.3 Å². The van der Waals surface area contributed by atoms with Gasteiger partial charge in [-0.25, -0.2) is 4.79 Å². The van der Waals surface area contributed by atoms with Crippen molar-refractivity contribution in [1.82, 2.24) is 5.32 Å². The number of carbonyl (C=O) groups excluding carboxylic acids is 3. The van der Waals surface area contributed by atoms with Crippen molar-refractivity contribution in [2.24, 2.45) is 34.5 Å². The van der Waals surface area contributed by atoms with Gasteiger partial charge in [-0.15, -0.1) is 0 Å². The number of methoxy groups -OCH3 is 1. The lowest BCUT2D eigenvalue weighted by atomic mass is 9.48. The van der Waals surface area contributed by atoms with E-state index in [4.69, 9.17) is 4.74 Å². The van der Waals surface area contributed by atoms with Crippen molar-refractivity contribution in [2.75, 3.05) is 7.11 Å². The van der Waals surface area contributed by atoms with Crippen molar-refractivity contribution in [1.29, 1.82) is 0 Å². The molecule has 0 radical (unpaired) electrons. The molecule has 0 spiro atoms. The number of carbonyl (C=O) groups is 3. The highest BCUT2D eigenvalue weighted by molar-refractivity contribution is 5.94. The highest BCUT2D eigenvalue weighted by Gasteiger charge is 2.60. The molecule has 1 N–H and O–H groups in total. The number of alkyl halides is 3. The fraction of sp³-hybridized carbons (Fsp3) is 0.581. The van der Waals surface area contributed by atoms with Gasteiger partial charge in [0.15, 0.2) is 0 Å². The molecule has 1 aromatic rings. The second-order valence-electron chi connectivity index (χ2n) is 12.2. The van der Waals surface area contributed by atoms with E-state index < -0.39 is 29.8 Å². The fourth-order valence-electron chi connectivity index (χ4n) is 8.40. The maximum atomic E-state index is 13.6. The number of allylic oxidation sites excluding steroid dienone is 3. The second kappa shape index (κ2) is 9.93. The van der Waals surface area contributed by atoms with Gasteiger partial charge in [0.25, 0.3) is 5.78 Å².